The Balaban J connectivity index is 0.00000514. The molecule has 2 N–H and O–H groups in total. The van der Waals surface area contributed by atoms with Crippen molar-refractivity contribution in [2.24, 2.45) is 0 Å². The largest absolute Gasteiger partial charge is 0.466 e. The Morgan fingerprint density at radius 1 is 0.818 bits per heavy atom. The quantitative estimate of drug-likeness (QED) is 0.0244. The average molecular weight is 754 g/mol. The fourth-order valence-corrected chi connectivity index (χ4v) is 7.44. The third-order valence-electron chi connectivity index (χ3n) is 10.2. The van der Waals surface area contributed by atoms with Crippen molar-refractivity contribution in [2.45, 2.75) is 150 Å². The van der Waals surface area contributed by atoms with Crippen molar-refractivity contribution in [3.63, 3.8) is 0 Å². The van der Waals surface area contributed by atoms with E-state index in [9.17, 15) is 14.9 Å². The Morgan fingerprint density at radius 3 is 2.02 bits per heavy atom. The van der Waals surface area contributed by atoms with Crippen LogP contribution in [0.4, 0.5) is 17.1 Å². The number of anilines is 2. The van der Waals surface area contributed by atoms with Crippen LogP contribution in [0.3, 0.4) is 0 Å². The summed E-state index contributed by atoms with van der Waals surface area (Å²) in [6.45, 7) is 15.6. The molecule has 1 aliphatic heterocycles. The average Bonchev–Trinajstić information content (AvgIpc) is 3.49. The lowest BCUT2D eigenvalue weighted by Gasteiger charge is -2.34. The zero-order chi connectivity index (χ0) is 40.2. The summed E-state index contributed by atoms with van der Waals surface area (Å²) in [6.07, 6.45) is 24.6. The molecule has 3 rings (SSSR count). The summed E-state index contributed by atoms with van der Waals surface area (Å²) >= 11 is 0. The summed E-state index contributed by atoms with van der Waals surface area (Å²) in [5, 5.41) is 12.5. The van der Waals surface area contributed by atoms with E-state index in [0.29, 0.717) is 31.6 Å². The van der Waals surface area contributed by atoms with Crippen molar-refractivity contribution in [2.75, 3.05) is 36.0 Å². The van der Waals surface area contributed by atoms with Crippen molar-refractivity contribution in [3.8, 4) is 6.07 Å². The summed E-state index contributed by atoms with van der Waals surface area (Å²) in [5.74, 6) is 0.914. The number of rotatable bonds is 27. The zero-order valence-corrected chi connectivity index (χ0v) is 35.3. The monoisotopic (exact) mass is 754 g/mol. The number of fused-ring (bicyclic) bond motifs is 1. The van der Waals surface area contributed by atoms with Gasteiger partial charge in [0.2, 0.25) is 0 Å². The number of unbranched alkanes of at least 4 members (excludes halogenated alkanes) is 8. The number of nitriles is 1. The highest BCUT2D eigenvalue weighted by atomic mass is 16.5. The van der Waals surface area contributed by atoms with E-state index in [1.165, 1.54) is 49.9 Å². The van der Waals surface area contributed by atoms with Crippen molar-refractivity contribution < 1.29 is 19.6 Å². The highest BCUT2D eigenvalue weighted by molar-refractivity contribution is 5.82. The molecule has 0 aliphatic carbocycles. The van der Waals surface area contributed by atoms with Crippen LogP contribution in [0.15, 0.2) is 84.2 Å². The number of hydrogen-bond acceptors (Lipinski definition) is 6. The third-order valence-corrected chi connectivity index (χ3v) is 10.2. The van der Waals surface area contributed by atoms with Crippen LogP contribution in [0.2, 0.25) is 0 Å². The molecule has 302 valence electrons. The van der Waals surface area contributed by atoms with Crippen LogP contribution >= 0.6 is 0 Å². The van der Waals surface area contributed by atoms with Gasteiger partial charge in [-0.3, -0.25) is 4.79 Å². The first-order valence-electron chi connectivity index (χ1n) is 21.6. The molecule has 7 heteroatoms. The molecule has 2 aromatic carbocycles. The molecule has 0 radical (unpaired) electrons. The molecule has 0 spiro atoms. The number of esters is 1. The second kappa shape index (κ2) is 28.3. The normalized spacial score (nSPS) is 13.5. The highest BCUT2D eigenvalue weighted by Crippen LogP contribution is 2.43. The summed E-state index contributed by atoms with van der Waals surface area (Å²) in [6, 6.07) is 19.3. The van der Waals surface area contributed by atoms with Gasteiger partial charge < -0.3 is 24.6 Å². The molecule has 1 aliphatic rings. The summed E-state index contributed by atoms with van der Waals surface area (Å²) in [7, 11) is 0. The SMILES string of the molecule is CC.CCCCCCCCCCC(C/C=C/C(C#N)=C/C=C1N(CCC)c2ccccc2N1CCC)(CC(=O)OCCCC)c1ccccc1[NH2+]CCC=O. The van der Waals surface area contributed by atoms with Crippen molar-refractivity contribution in [1.82, 2.24) is 0 Å². The van der Waals surface area contributed by atoms with E-state index in [2.05, 4.69) is 103 Å². The van der Waals surface area contributed by atoms with Crippen LogP contribution in [-0.2, 0) is 19.7 Å². The van der Waals surface area contributed by atoms with Crippen LogP contribution in [-0.4, -0.2) is 38.5 Å². The molecule has 0 bridgehead atoms. The predicted octanol–water partition coefficient (Wildman–Crippen LogP) is 11.4. The number of quaternary nitrogens is 1. The molecule has 55 heavy (non-hydrogen) atoms. The summed E-state index contributed by atoms with van der Waals surface area (Å²) in [5.41, 5.74) is 4.65. The molecule has 0 amide bonds. The second-order valence-electron chi connectivity index (χ2n) is 14.4. The number of hydrogen-bond donors (Lipinski definition) is 1. The van der Waals surface area contributed by atoms with Gasteiger partial charge in [0, 0.05) is 24.1 Å². The van der Waals surface area contributed by atoms with Crippen molar-refractivity contribution >= 4 is 29.3 Å². The Kier molecular flexibility index (Phi) is 24.2. The molecule has 7 nitrogen and oxygen atoms in total. The Bertz CT molecular complexity index is 1490. The van der Waals surface area contributed by atoms with E-state index >= 15 is 0 Å². The lowest BCUT2D eigenvalue weighted by molar-refractivity contribution is -0.570. The number of aldehydes is 1. The van der Waals surface area contributed by atoms with Gasteiger partial charge in [-0.05, 0) is 68.5 Å². The molecule has 1 atom stereocenters. The Morgan fingerprint density at radius 2 is 1.42 bits per heavy atom. The van der Waals surface area contributed by atoms with Crippen molar-refractivity contribution in [3.05, 3.63) is 89.8 Å². The molecule has 0 aromatic heterocycles. The van der Waals surface area contributed by atoms with Gasteiger partial charge >= 0.3 is 5.97 Å². The van der Waals surface area contributed by atoms with Gasteiger partial charge in [-0.15, -0.1) is 0 Å². The standard InChI is InChI=1S/C46H66N4O3.C2H6/c1-5-9-11-12-13-14-15-20-30-46(37-45(52)53-36-10-6-2,40-24-16-17-25-41(40)48-32-22-35-51)31-21-23-39(38-47)28-29-44-49(33-7-3)42-26-18-19-27-43(42)50(44)34-8-4;1-2/h16-19,21,23-29,35,48H,5-15,20,22,30-34,36-37H2,1-4H3;1-2H3/p+1/b23-21+,39-28-;. The summed E-state index contributed by atoms with van der Waals surface area (Å²) < 4.78 is 5.81. The number of allylic oxidation sites excluding steroid dienone is 5. The maximum Gasteiger partial charge on any atom is 0.306 e. The van der Waals surface area contributed by atoms with Crippen LogP contribution in [0.25, 0.3) is 0 Å². The topological polar surface area (TPSA) is 90.2 Å². The van der Waals surface area contributed by atoms with Crippen molar-refractivity contribution in [1.29, 1.82) is 5.26 Å². The van der Waals surface area contributed by atoms with Crippen LogP contribution < -0.4 is 15.1 Å². The maximum absolute atomic E-state index is 13.6. The number of carbonyl (C=O) groups is 2. The minimum atomic E-state index is -0.516. The number of carbonyl (C=O) groups excluding carboxylic acids is 2. The van der Waals surface area contributed by atoms with Crippen LogP contribution in [0, 0.1) is 11.3 Å². The molecule has 2 aromatic rings. The van der Waals surface area contributed by atoms with E-state index < -0.39 is 5.41 Å². The van der Waals surface area contributed by atoms with Gasteiger partial charge in [-0.2, -0.15) is 5.26 Å². The number of para-hydroxylation sites is 3. The van der Waals surface area contributed by atoms with E-state index in [4.69, 9.17) is 4.74 Å². The minimum Gasteiger partial charge on any atom is -0.466 e. The third kappa shape index (κ3) is 15.5. The first-order valence-corrected chi connectivity index (χ1v) is 21.6. The van der Waals surface area contributed by atoms with Crippen LogP contribution in [0.5, 0.6) is 0 Å². The van der Waals surface area contributed by atoms with Gasteiger partial charge in [-0.1, -0.05) is 136 Å². The summed E-state index contributed by atoms with van der Waals surface area (Å²) in [4.78, 5) is 29.5. The van der Waals surface area contributed by atoms with Gasteiger partial charge in [0.05, 0.1) is 49.0 Å². The smallest absolute Gasteiger partial charge is 0.306 e. The highest BCUT2D eigenvalue weighted by Gasteiger charge is 2.37. The van der Waals surface area contributed by atoms with E-state index in [0.717, 1.165) is 81.4 Å². The van der Waals surface area contributed by atoms with Crippen LogP contribution in [0.1, 0.15) is 150 Å². The molecule has 0 saturated carbocycles. The van der Waals surface area contributed by atoms with Gasteiger partial charge in [0.25, 0.3) is 0 Å². The number of benzene rings is 2. The Labute approximate surface area is 334 Å². The second-order valence-corrected chi connectivity index (χ2v) is 14.4. The minimum absolute atomic E-state index is 0.178. The number of nitrogens with zero attached hydrogens (tertiary/aromatic N) is 3. The molecular formula is C48H73N4O3+. The fraction of sp³-hybridized carbons (Fsp3) is 0.562. The van der Waals surface area contributed by atoms with Gasteiger partial charge in [0.15, 0.2) is 0 Å². The lowest BCUT2D eigenvalue weighted by Crippen LogP contribution is -2.78. The van der Waals surface area contributed by atoms with E-state index in [1.807, 2.05) is 32.1 Å². The van der Waals surface area contributed by atoms with Gasteiger partial charge in [-0.25, -0.2) is 0 Å². The van der Waals surface area contributed by atoms with Gasteiger partial charge in [0.1, 0.15) is 17.8 Å². The molecule has 0 fully saturated rings. The Hall–Kier alpha value is -4.15. The predicted molar refractivity (Wildman–Crippen MR) is 232 cm³/mol. The molecule has 1 unspecified atom stereocenters. The fourth-order valence-electron chi connectivity index (χ4n) is 7.44. The molecular weight excluding hydrogens is 681 g/mol. The molecule has 0 saturated heterocycles. The molecule has 1 heterocycles. The number of ether oxygens (including phenoxy) is 1. The van der Waals surface area contributed by atoms with E-state index in [-0.39, 0.29) is 12.4 Å². The van der Waals surface area contributed by atoms with E-state index in [1.54, 1.807) is 0 Å². The lowest BCUT2D eigenvalue weighted by atomic mass is 9.70. The zero-order valence-electron chi connectivity index (χ0n) is 35.3. The maximum atomic E-state index is 13.6. The first-order chi connectivity index (χ1) is 27.0. The first kappa shape index (κ1) is 47.0. The number of nitrogens with two attached hydrogens (primary N) is 1.